The number of hydrogen-bond acceptors (Lipinski definition) is 5. The largest absolute Gasteiger partial charge is 0.478 e. The van der Waals surface area contributed by atoms with Gasteiger partial charge in [0.1, 0.15) is 5.82 Å². The van der Waals surface area contributed by atoms with Crippen LogP contribution in [0.25, 0.3) is 0 Å². The van der Waals surface area contributed by atoms with E-state index in [9.17, 15) is 22.8 Å². The molecule has 1 amide bonds. The molecule has 0 atom stereocenters. The predicted molar refractivity (Wildman–Crippen MR) is 141 cm³/mol. The second-order valence-electron chi connectivity index (χ2n) is 7.59. The molecule has 4 aromatic rings. The summed E-state index contributed by atoms with van der Waals surface area (Å²) in [7, 11) is 0. The van der Waals surface area contributed by atoms with Crippen LogP contribution >= 0.6 is 22.6 Å². The first-order chi connectivity index (χ1) is 17.7. The molecule has 0 saturated carbocycles. The zero-order valence-electron chi connectivity index (χ0n) is 18.7. The van der Waals surface area contributed by atoms with E-state index >= 15 is 0 Å². The first kappa shape index (κ1) is 25.8. The number of nitrogens with one attached hydrogen (secondary N) is 2. The molecular weight excluding hydrogens is 600 g/mol. The van der Waals surface area contributed by atoms with Gasteiger partial charge in [-0.3, -0.25) is 4.79 Å². The molecule has 0 heterocycles. The van der Waals surface area contributed by atoms with Gasteiger partial charge < -0.3 is 15.7 Å². The zero-order valence-corrected chi connectivity index (χ0v) is 20.8. The summed E-state index contributed by atoms with van der Waals surface area (Å²) >= 11 is 1.91. The van der Waals surface area contributed by atoms with E-state index in [4.69, 9.17) is 5.11 Å². The number of hydrogen-bond donors (Lipinski definition) is 3. The van der Waals surface area contributed by atoms with Crippen molar-refractivity contribution in [3.05, 3.63) is 111 Å². The number of carboxylic acids is 1. The minimum Gasteiger partial charge on any atom is -0.478 e. The number of halogens is 4. The fraction of sp³-hybridized carbons (Fsp3) is 0. The van der Waals surface area contributed by atoms with E-state index in [0.29, 0.717) is 20.6 Å². The van der Waals surface area contributed by atoms with Gasteiger partial charge in [0.05, 0.1) is 33.9 Å². The van der Waals surface area contributed by atoms with Crippen LogP contribution in [0.3, 0.4) is 0 Å². The van der Waals surface area contributed by atoms with Crippen molar-refractivity contribution in [2.45, 2.75) is 0 Å². The number of azo groups is 1. The van der Waals surface area contributed by atoms with Crippen LogP contribution in [0.4, 0.5) is 41.6 Å². The molecule has 7 nitrogen and oxygen atoms in total. The van der Waals surface area contributed by atoms with Crippen molar-refractivity contribution in [3.63, 3.8) is 0 Å². The maximum absolute atomic E-state index is 14.6. The maximum atomic E-state index is 14.6. The lowest BCUT2D eigenvalue weighted by molar-refractivity contribution is 0.0696. The normalized spacial score (nSPS) is 10.9. The summed E-state index contributed by atoms with van der Waals surface area (Å²) in [4.78, 5) is 23.8. The zero-order chi connectivity index (χ0) is 26.5. The number of amides is 1. The summed E-state index contributed by atoms with van der Waals surface area (Å²) in [5.41, 5.74) is 0.511. The van der Waals surface area contributed by atoms with E-state index in [-0.39, 0.29) is 16.8 Å². The number of rotatable bonds is 7. The van der Waals surface area contributed by atoms with Crippen LogP contribution in [0.2, 0.25) is 0 Å². The van der Waals surface area contributed by atoms with Crippen molar-refractivity contribution in [1.82, 2.24) is 0 Å². The number of anilines is 3. The van der Waals surface area contributed by atoms with Crippen molar-refractivity contribution < 1.29 is 27.9 Å². The summed E-state index contributed by atoms with van der Waals surface area (Å²) < 4.78 is 43.4. The van der Waals surface area contributed by atoms with Gasteiger partial charge >= 0.3 is 5.97 Å². The van der Waals surface area contributed by atoms with Gasteiger partial charge in [0, 0.05) is 9.26 Å². The number of nitrogens with zero attached hydrogens (tertiary/aromatic N) is 2. The van der Waals surface area contributed by atoms with E-state index in [1.54, 1.807) is 18.2 Å². The van der Waals surface area contributed by atoms with Crippen molar-refractivity contribution in [3.8, 4) is 0 Å². The second kappa shape index (κ2) is 11.2. The second-order valence-corrected chi connectivity index (χ2v) is 8.83. The lowest BCUT2D eigenvalue weighted by Crippen LogP contribution is -2.15. The van der Waals surface area contributed by atoms with Crippen LogP contribution in [0.5, 0.6) is 0 Å². The number of carboxylic acid groups (broad SMARTS) is 1. The molecule has 0 bridgehead atoms. The van der Waals surface area contributed by atoms with E-state index in [1.807, 2.05) is 22.6 Å². The van der Waals surface area contributed by atoms with Gasteiger partial charge in [-0.25, -0.2) is 18.0 Å². The molecule has 0 aliphatic heterocycles. The highest BCUT2D eigenvalue weighted by Gasteiger charge is 2.20. The molecule has 3 N–H and O–H groups in total. The standard InChI is InChI=1S/C26H16F3IN4O3/c27-20-11-10-19(24(23(20)29)32-22-12-3-15(30)13-21(22)28)25(35)31-16-6-8-18(9-7-16)34-33-17-4-1-14(2-5-17)26(36)37/h1-13,32H,(H,31,35)(H,36,37). The number of carbonyl (C=O) groups is 2. The maximum Gasteiger partial charge on any atom is 0.335 e. The van der Waals surface area contributed by atoms with Crippen molar-refractivity contribution in [2.75, 3.05) is 10.6 Å². The molecule has 11 heteroatoms. The van der Waals surface area contributed by atoms with Crippen LogP contribution in [0, 0.1) is 21.0 Å². The first-order valence-corrected chi connectivity index (χ1v) is 11.7. The van der Waals surface area contributed by atoms with Gasteiger partial charge in [0.15, 0.2) is 11.6 Å². The van der Waals surface area contributed by atoms with Crippen LogP contribution in [0.1, 0.15) is 20.7 Å². The minimum absolute atomic E-state index is 0.119. The molecule has 0 aliphatic carbocycles. The van der Waals surface area contributed by atoms with E-state index < -0.39 is 35.0 Å². The number of aromatic carboxylic acids is 1. The van der Waals surface area contributed by atoms with Gasteiger partial charge in [-0.15, -0.1) is 0 Å². The fourth-order valence-corrected chi connectivity index (χ4v) is 3.64. The smallest absolute Gasteiger partial charge is 0.335 e. The molecule has 0 aromatic heterocycles. The molecule has 4 aromatic carbocycles. The third-order valence-electron chi connectivity index (χ3n) is 5.05. The average molecular weight is 616 g/mol. The number of benzene rings is 4. The Balaban J connectivity index is 1.50. The molecule has 0 aliphatic rings. The first-order valence-electron chi connectivity index (χ1n) is 10.6. The van der Waals surface area contributed by atoms with Gasteiger partial charge in [-0.2, -0.15) is 10.2 Å². The van der Waals surface area contributed by atoms with Crippen LogP contribution in [0.15, 0.2) is 89.1 Å². The molecule has 186 valence electrons. The molecule has 4 rings (SSSR count). The number of carbonyl (C=O) groups excluding carboxylic acids is 1. The Morgan fingerprint density at radius 1 is 0.784 bits per heavy atom. The van der Waals surface area contributed by atoms with Gasteiger partial charge in [-0.1, -0.05) is 0 Å². The van der Waals surface area contributed by atoms with Gasteiger partial charge in [0.2, 0.25) is 0 Å². The molecule has 0 unspecified atom stereocenters. The molecule has 0 saturated heterocycles. The van der Waals surface area contributed by atoms with Crippen LogP contribution < -0.4 is 10.6 Å². The van der Waals surface area contributed by atoms with E-state index in [2.05, 4.69) is 20.9 Å². The lowest BCUT2D eigenvalue weighted by Gasteiger charge is -2.14. The molecule has 0 radical (unpaired) electrons. The third-order valence-corrected chi connectivity index (χ3v) is 5.72. The SMILES string of the molecule is O=C(O)c1ccc(N=Nc2ccc(NC(=O)c3ccc(F)c(F)c3Nc3ccc(I)cc3F)cc2)cc1. The third kappa shape index (κ3) is 6.30. The van der Waals surface area contributed by atoms with Crippen LogP contribution in [-0.2, 0) is 0 Å². The lowest BCUT2D eigenvalue weighted by atomic mass is 10.1. The Morgan fingerprint density at radius 2 is 1.41 bits per heavy atom. The molecular formula is C26H16F3IN4O3. The Bertz CT molecular complexity index is 1510. The Kier molecular flexibility index (Phi) is 7.82. The monoisotopic (exact) mass is 616 g/mol. The quantitative estimate of drug-likeness (QED) is 0.146. The highest BCUT2D eigenvalue weighted by Crippen LogP contribution is 2.29. The Morgan fingerprint density at radius 3 is 2.00 bits per heavy atom. The topological polar surface area (TPSA) is 103 Å². The average Bonchev–Trinajstić information content (AvgIpc) is 2.88. The highest BCUT2D eigenvalue weighted by molar-refractivity contribution is 14.1. The Labute approximate surface area is 222 Å². The summed E-state index contributed by atoms with van der Waals surface area (Å²) in [6.45, 7) is 0. The van der Waals surface area contributed by atoms with Crippen molar-refractivity contribution in [2.24, 2.45) is 10.2 Å². The Hall–Kier alpha value is -4.26. The van der Waals surface area contributed by atoms with Crippen LogP contribution in [-0.4, -0.2) is 17.0 Å². The van der Waals surface area contributed by atoms with E-state index in [0.717, 1.165) is 12.1 Å². The van der Waals surface area contributed by atoms with Gasteiger partial charge in [-0.05, 0) is 101 Å². The summed E-state index contributed by atoms with van der Waals surface area (Å²) in [5.74, 6) is -5.01. The van der Waals surface area contributed by atoms with Gasteiger partial charge in [0.25, 0.3) is 5.91 Å². The molecule has 0 fully saturated rings. The molecule has 0 spiro atoms. The summed E-state index contributed by atoms with van der Waals surface area (Å²) in [5, 5.41) is 22.1. The van der Waals surface area contributed by atoms with Crippen molar-refractivity contribution >= 4 is 62.9 Å². The van der Waals surface area contributed by atoms with Crippen molar-refractivity contribution in [1.29, 1.82) is 0 Å². The fourth-order valence-electron chi connectivity index (χ4n) is 3.18. The predicted octanol–water partition coefficient (Wildman–Crippen LogP) is 7.82. The summed E-state index contributed by atoms with van der Waals surface area (Å²) in [6, 6.07) is 18.1. The summed E-state index contributed by atoms with van der Waals surface area (Å²) in [6.07, 6.45) is 0. The highest BCUT2D eigenvalue weighted by atomic mass is 127. The molecule has 37 heavy (non-hydrogen) atoms. The van der Waals surface area contributed by atoms with E-state index in [1.165, 1.54) is 48.5 Å². The minimum atomic E-state index is -1.32.